The van der Waals surface area contributed by atoms with Crippen LogP contribution in [0.5, 0.6) is 5.75 Å². The zero-order chi connectivity index (χ0) is 21.1. The van der Waals surface area contributed by atoms with Gasteiger partial charge in [-0.25, -0.2) is 0 Å². The topological polar surface area (TPSA) is 75.6 Å². The number of hydrogen-bond donors (Lipinski definition) is 0. The van der Waals surface area contributed by atoms with E-state index in [9.17, 15) is 9.59 Å². The average molecular weight is 404 g/mol. The Bertz CT molecular complexity index is 1050. The summed E-state index contributed by atoms with van der Waals surface area (Å²) in [6.45, 7) is 5.10. The first-order valence-corrected chi connectivity index (χ1v) is 10.1. The average Bonchev–Trinajstić information content (AvgIpc) is 2.79. The summed E-state index contributed by atoms with van der Waals surface area (Å²) in [4.78, 5) is 37.7. The third-order valence-electron chi connectivity index (χ3n) is 5.34. The fourth-order valence-corrected chi connectivity index (χ4v) is 3.77. The number of piperazine rings is 1. The molecular formula is C23H24N4O3. The van der Waals surface area contributed by atoms with E-state index < -0.39 is 6.10 Å². The van der Waals surface area contributed by atoms with Gasteiger partial charge in [-0.1, -0.05) is 12.1 Å². The van der Waals surface area contributed by atoms with Gasteiger partial charge in [-0.15, -0.1) is 0 Å². The Hall–Kier alpha value is -3.48. The minimum Gasteiger partial charge on any atom is -0.480 e. The van der Waals surface area contributed by atoms with Crippen LogP contribution in [-0.4, -0.2) is 63.4 Å². The molecule has 7 heteroatoms. The number of nitrogens with zero attached hydrogens (tertiary/aromatic N) is 4. The van der Waals surface area contributed by atoms with Gasteiger partial charge >= 0.3 is 0 Å². The van der Waals surface area contributed by atoms with Crippen LogP contribution in [-0.2, 0) is 4.79 Å². The predicted molar refractivity (Wildman–Crippen MR) is 113 cm³/mol. The maximum absolute atomic E-state index is 13.1. The van der Waals surface area contributed by atoms with E-state index in [0.29, 0.717) is 31.1 Å². The van der Waals surface area contributed by atoms with E-state index >= 15 is 0 Å². The summed E-state index contributed by atoms with van der Waals surface area (Å²) in [5.41, 5.74) is 1.25. The molecule has 30 heavy (non-hydrogen) atoms. The Morgan fingerprint density at radius 3 is 2.63 bits per heavy atom. The first kappa shape index (κ1) is 19.8. The number of carbonyl (C=O) groups is 2. The summed E-state index contributed by atoms with van der Waals surface area (Å²) >= 11 is 0. The monoisotopic (exact) mass is 404 g/mol. The van der Waals surface area contributed by atoms with Crippen molar-refractivity contribution in [1.82, 2.24) is 19.8 Å². The summed E-state index contributed by atoms with van der Waals surface area (Å²) in [6, 6.07) is 14.6. The van der Waals surface area contributed by atoms with Crippen LogP contribution in [0.15, 0.2) is 60.9 Å². The third-order valence-corrected chi connectivity index (χ3v) is 5.34. The highest BCUT2D eigenvalue weighted by molar-refractivity contribution is 5.92. The summed E-state index contributed by atoms with van der Waals surface area (Å²) in [5.74, 6) is 0.438. The minimum absolute atomic E-state index is 0.0895. The number of amides is 2. The molecule has 2 atom stereocenters. The molecule has 2 aromatic heterocycles. The van der Waals surface area contributed by atoms with E-state index in [0.717, 1.165) is 10.9 Å². The van der Waals surface area contributed by atoms with Crippen LogP contribution in [0.2, 0.25) is 0 Å². The van der Waals surface area contributed by atoms with Gasteiger partial charge in [-0.2, -0.15) is 0 Å². The molecule has 1 aliphatic rings. The van der Waals surface area contributed by atoms with E-state index in [2.05, 4.69) is 9.97 Å². The lowest BCUT2D eigenvalue weighted by Gasteiger charge is -2.40. The van der Waals surface area contributed by atoms with Crippen molar-refractivity contribution < 1.29 is 14.3 Å². The van der Waals surface area contributed by atoms with Gasteiger partial charge in [0.05, 0.1) is 5.52 Å². The van der Waals surface area contributed by atoms with E-state index in [-0.39, 0.29) is 17.9 Å². The molecule has 0 radical (unpaired) electrons. The van der Waals surface area contributed by atoms with Crippen molar-refractivity contribution in [2.45, 2.75) is 26.0 Å². The highest BCUT2D eigenvalue weighted by atomic mass is 16.5. The van der Waals surface area contributed by atoms with Gasteiger partial charge in [0.2, 0.25) is 0 Å². The first-order valence-electron chi connectivity index (χ1n) is 10.1. The highest BCUT2D eigenvalue weighted by Crippen LogP contribution is 2.25. The lowest BCUT2D eigenvalue weighted by Crippen LogP contribution is -2.57. The van der Waals surface area contributed by atoms with Crippen LogP contribution in [0.3, 0.4) is 0 Å². The largest absolute Gasteiger partial charge is 0.480 e. The fourth-order valence-electron chi connectivity index (χ4n) is 3.77. The molecule has 4 rings (SSSR count). The molecule has 0 saturated carbocycles. The molecule has 0 aliphatic carbocycles. The Labute approximate surface area is 175 Å². The van der Waals surface area contributed by atoms with Crippen molar-refractivity contribution in [3.63, 3.8) is 0 Å². The Morgan fingerprint density at radius 2 is 1.87 bits per heavy atom. The number of rotatable bonds is 4. The number of aromatic nitrogens is 2. The van der Waals surface area contributed by atoms with Crippen molar-refractivity contribution in [3.8, 4) is 5.75 Å². The number of carbonyl (C=O) groups excluding carboxylic acids is 2. The van der Waals surface area contributed by atoms with E-state index in [1.54, 1.807) is 47.3 Å². The molecule has 1 fully saturated rings. The van der Waals surface area contributed by atoms with Gasteiger partial charge in [-0.3, -0.25) is 19.6 Å². The first-order chi connectivity index (χ1) is 14.5. The predicted octanol–water partition coefficient (Wildman–Crippen LogP) is 2.77. The highest BCUT2D eigenvalue weighted by Gasteiger charge is 2.33. The van der Waals surface area contributed by atoms with Gasteiger partial charge in [0, 0.05) is 43.5 Å². The van der Waals surface area contributed by atoms with Crippen LogP contribution >= 0.6 is 0 Å². The lowest BCUT2D eigenvalue weighted by atomic mass is 10.1. The number of ether oxygens (including phenoxy) is 1. The van der Waals surface area contributed by atoms with Crippen LogP contribution in [0, 0.1) is 0 Å². The SMILES string of the molecule is C[C@H](Oc1cccc2ncccc12)C(=O)N1CCN(C(=O)c2ccccn2)C[C@H]1C. The molecule has 0 spiro atoms. The molecule has 1 saturated heterocycles. The molecule has 0 bridgehead atoms. The van der Waals surface area contributed by atoms with E-state index in [4.69, 9.17) is 4.74 Å². The van der Waals surface area contributed by atoms with Crippen molar-refractivity contribution in [2.75, 3.05) is 19.6 Å². The number of benzene rings is 1. The maximum atomic E-state index is 13.1. The molecule has 3 aromatic rings. The second-order valence-electron chi connectivity index (χ2n) is 7.43. The van der Waals surface area contributed by atoms with Crippen LogP contribution in [0.1, 0.15) is 24.3 Å². The van der Waals surface area contributed by atoms with Crippen molar-refractivity contribution in [1.29, 1.82) is 0 Å². The van der Waals surface area contributed by atoms with Gasteiger partial charge in [0.25, 0.3) is 11.8 Å². The van der Waals surface area contributed by atoms with Gasteiger partial charge in [0.15, 0.2) is 6.10 Å². The maximum Gasteiger partial charge on any atom is 0.272 e. The standard InChI is InChI=1S/C23H24N4O3/c1-16-15-26(23(29)20-8-3-4-11-25-20)13-14-27(16)22(28)17(2)30-21-10-5-9-19-18(21)7-6-12-24-19/h3-12,16-17H,13-15H2,1-2H3/t16-,17+/m1/s1. The minimum atomic E-state index is -0.642. The number of hydrogen-bond acceptors (Lipinski definition) is 5. The van der Waals surface area contributed by atoms with Crippen molar-refractivity contribution >= 4 is 22.7 Å². The normalized spacial score (nSPS) is 17.6. The Balaban J connectivity index is 1.42. The number of fused-ring (bicyclic) bond motifs is 1. The zero-order valence-corrected chi connectivity index (χ0v) is 17.1. The fraction of sp³-hybridized carbons (Fsp3) is 0.304. The number of pyridine rings is 2. The van der Waals surface area contributed by atoms with Crippen LogP contribution in [0.4, 0.5) is 0 Å². The molecule has 0 unspecified atom stereocenters. The molecule has 7 nitrogen and oxygen atoms in total. The van der Waals surface area contributed by atoms with Crippen molar-refractivity contribution in [3.05, 3.63) is 66.6 Å². The Morgan fingerprint density at radius 1 is 1.03 bits per heavy atom. The molecule has 2 amide bonds. The van der Waals surface area contributed by atoms with E-state index in [1.807, 2.05) is 37.3 Å². The molecule has 154 valence electrons. The van der Waals surface area contributed by atoms with Gasteiger partial charge in [-0.05, 0) is 50.2 Å². The lowest BCUT2D eigenvalue weighted by molar-refractivity contribution is -0.142. The summed E-state index contributed by atoms with van der Waals surface area (Å²) in [6.07, 6.45) is 2.70. The van der Waals surface area contributed by atoms with Crippen LogP contribution in [0.25, 0.3) is 10.9 Å². The third kappa shape index (κ3) is 3.96. The molecule has 1 aliphatic heterocycles. The Kier molecular flexibility index (Phi) is 5.61. The van der Waals surface area contributed by atoms with Gasteiger partial charge in [0.1, 0.15) is 11.4 Å². The van der Waals surface area contributed by atoms with Crippen LogP contribution < -0.4 is 4.74 Å². The molecule has 0 N–H and O–H groups in total. The summed E-state index contributed by atoms with van der Waals surface area (Å²) in [5, 5.41) is 0.874. The zero-order valence-electron chi connectivity index (χ0n) is 17.1. The summed E-state index contributed by atoms with van der Waals surface area (Å²) in [7, 11) is 0. The summed E-state index contributed by atoms with van der Waals surface area (Å²) < 4.78 is 6.01. The smallest absolute Gasteiger partial charge is 0.272 e. The van der Waals surface area contributed by atoms with E-state index in [1.165, 1.54) is 0 Å². The molecule has 1 aromatic carbocycles. The quantitative estimate of drug-likeness (QED) is 0.668. The van der Waals surface area contributed by atoms with Gasteiger partial charge < -0.3 is 14.5 Å². The molecular weight excluding hydrogens is 380 g/mol. The second-order valence-corrected chi connectivity index (χ2v) is 7.43. The second kappa shape index (κ2) is 8.49. The van der Waals surface area contributed by atoms with Crippen molar-refractivity contribution in [2.24, 2.45) is 0 Å². The molecule has 3 heterocycles.